The van der Waals surface area contributed by atoms with Crippen LogP contribution < -0.4 is 0 Å². The second-order valence-corrected chi connectivity index (χ2v) is 9.57. The van der Waals surface area contributed by atoms with Crippen molar-refractivity contribution in [2.75, 3.05) is 25.1 Å². The summed E-state index contributed by atoms with van der Waals surface area (Å²) < 4.78 is 28.5. The summed E-state index contributed by atoms with van der Waals surface area (Å²) in [4.78, 5) is 2.31. The van der Waals surface area contributed by atoms with Gasteiger partial charge in [0.25, 0.3) is 0 Å². The van der Waals surface area contributed by atoms with Crippen molar-refractivity contribution >= 4 is 9.84 Å². The third kappa shape index (κ3) is 5.05. The summed E-state index contributed by atoms with van der Waals surface area (Å²) in [6, 6.07) is 2.12. The van der Waals surface area contributed by atoms with E-state index in [2.05, 4.69) is 16.1 Å². The van der Waals surface area contributed by atoms with E-state index in [0.717, 1.165) is 43.9 Å². The van der Waals surface area contributed by atoms with Crippen LogP contribution in [0.4, 0.5) is 0 Å². The largest absolute Gasteiger partial charge is 0.360 e. The highest BCUT2D eigenvalue weighted by Gasteiger charge is 2.25. The number of nitrogens with zero attached hydrogens (tertiary/aromatic N) is 2. The van der Waals surface area contributed by atoms with Crippen molar-refractivity contribution < 1.29 is 12.9 Å². The maximum atomic E-state index is 11.5. The van der Waals surface area contributed by atoms with Crippen LogP contribution in [0.1, 0.15) is 62.3 Å². The van der Waals surface area contributed by atoms with Crippen molar-refractivity contribution in [1.82, 2.24) is 10.1 Å². The van der Waals surface area contributed by atoms with Crippen molar-refractivity contribution in [3.8, 4) is 0 Å². The zero-order chi connectivity index (χ0) is 16.3. The van der Waals surface area contributed by atoms with Crippen molar-refractivity contribution in [3.63, 3.8) is 0 Å². The number of piperidine rings is 1. The first-order valence-electron chi connectivity index (χ1n) is 8.85. The van der Waals surface area contributed by atoms with Crippen LogP contribution in [-0.2, 0) is 16.4 Å². The average molecular weight is 340 g/mol. The Morgan fingerprint density at radius 1 is 1.22 bits per heavy atom. The predicted molar refractivity (Wildman–Crippen MR) is 90.0 cm³/mol. The van der Waals surface area contributed by atoms with E-state index in [0.29, 0.717) is 11.7 Å². The minimum atomic E-state index is -2.89. The average Bonchev–Trinajstić information content (AvgIpc) is 2.95. The first-order chi connectivity index (χ1) is 11.0. The molecule has 0 bridgehead atoms. The minimum Gasteiger partial charge on any atom is -0.360 e. The number of sulfone groups is 1. The van der Waals surface area contributed by atoms with E-state index in [9.17, 15) is 8.42 Å². The van der Waals surface area contributed by atoms with Crippen LogP contribution in [0, 0.1) is 5.92 Å². The highest BCUT2D eigenvalue weighted by molar-refractivity contribution is 7.90. The smallest absolute Gasteiger partial charge is 0.150 e. The van der Waals surface area contributed by atoms with Crippen molar-refractivity contribution in [1.29, 1.82) is 0 Å². The van der Waals surface area contributed by atoms with Gasteiger partial charge in [-0.15, -0.1) is 0 Å². The van der Waals surface area contributed by atoms with Gasteiger partial charge in [0.15, 0.2) is 5.76 Å². The molecule has 23 heavy (non-hydrogen) atoms. The lowest BCUT2D eigenvalue weighted by Gasteiger charge is -2.31. The van der Waals surface area contributed by atoms with Crippen molar-refractivity contribution in [3.05, 3.63) is 17.5 Å². The molecule has 3 rings (SSSR count). The van der Waals surface area contributed by atoms with E-state index in [-0.39, 0.29) is 5.92 Å². The molecule has 2 fully saturated rings. The van der Waals surface area contributed by atoms with Crippen LogP contribution >= 0.6 is 0 Å². The molecule has 1 aromatic heterocycles. The van der Waals surface area contributed by atoms with Crippen LogP contribution in [0.3, 0.4) is 0 Å². The Labute approximate surface area is 139 Å². The molecule has 130 valence electrons. The van der Waals surface area contributed by atoms with Gasteiger partial charge in [-0.25, -0.2) is 8.42 Å². The van der Waals surface area contributed by atoms with Crippen LogP contribution in [0.2, 0.25) is 0 Å². The second kappa shape index (κ2) is 7.34. The Morgan fingerprint density at radius 3 is 2.74 bits per heavy atom. The summed E-state index contributed by atoms with van der Waals surface area (Å²) in [5.41, 5.74) is 1.12. The lowest BCUT2D eigenvalue weighted by Crippen LogP contribution is -2.37. The molecule has 1 saturated heterocycles. The van der Waals surface area contributed by atoms with Crippen LogP contribution in [0.15, 0.2) is 10.6 Å². The third-order valence-electron chi connectivity index (χ3n) is 5.12. The van der Waals surface area contributed by atoms with Crippen molar-refractivity contribution in [2.45, 2.75) is 57.4 Å². The summed E-state index contributed by atoms with van der Waals surface area (Å²) in [5.74, 6) is 2.04. The minimum absolute atomic E-state index is 0.250. The van der Waals surface area contributed by atoms with E-state index >= 15 is 0 Å². The van der Waals surface area contributed by atoms with Gasteiger partial charge in [0.2, 0.25) is 0 Å². The topological polar surface area (TPSA) is 63.4 Å². The van der Waals surface area contributed by atoms with Gasteiger partial charge in [0.1, 0.15) is 9.84 Å². The van der Waals surface area contributed by atoms with Crippen LogP contribution in [0.5, 0.6) is 0 Å². The Bertz CT molecular complexity index is 605. The van der Waals surface area contributed by atoms with E-state index in [1.165, 1.54) is 38.4 Å². The molecule has 0 spiro atoms. The summed E-state index contributed by atoms with van der Waals surface area (Å²) in [6.07, 6.45) is 9.79. The van der Waals surface area contributed by atoms with Gasteiger partial charge in [-0.3, -0.25) is 4.90 Å². The number of aromatic nitrogens is 1. The van der Waals surface area contributed by atoms with Gasteiger partial charge >= 0.3 is 0 Å². The number of hydrogen-bond acceptors (Lipinski definition) is 5. The molecular weight excluding hydrogens is 312 g/mol. The molecular formula is C17H28N2O3S. The van der Waals surface area contributed by atoms with Gasteiger partial charge in [-0.1, -0.05) is 24.4 Å². The van der Waals surface area contributed by atoms with Gasteiger partial charge in [0, 0.05) is 24.8 Å². The van der Waals surface area contributed by atoms with Gasteiger partial charge in [-0.2, -0.15) is 0 Å². The quantitative estimate of drug-likeness (QED) is 0.824. The molecule has 0 aromatic carbocycles. The zero-order valence-electron chi connectivity index (χ0n) is 14.0. The maximum Gasteiger partial charge on any atom is 0.150 e. The molecule has 2 heterocycles. The number of likely N-dealkylation sites (tertiary alicyclic amines) is 1. The fourth-order valence-electron chi connectivity index (χ4n) is 4.07. The lowest BCUT2D eigenvalue weighted by molar-refractivity contribution is 0.161. The van der Waals surface area contributed by atoms with Gasteiger partial charge in [0.05, 0.1) is 18.0 Å². The molecule has 0 N–H and O–H groups in total. The highest BCUT2D eigenvalue weighted by Crippen LogP contribution is 2.32. The zero-order valence-corrected chi connectivity index (χ0v) is 14.9. The molecule has 1 saturated carbocycles. The Morgan fingerprint density at radius 2 is 2.00 bits per heavy atom. The summed E-state index contributed by atoms with van der Waals surface area (Å²) in [7, 11) is -2.89. The molecule has 1 aromatic rings. The third-order valence-corrected chi connectivity index (χ3v) is 6.20. The number of rotatable bonds is 5. The fourth-order valence-corrected chi connectivity index (χ4v) is 5.20. The first-order valence-corrected chi connectivity index (χ1v) is 10.9. The molecule has 6 heteroatoms. The van der Waals surface area contributed by atoms with Gasteiger partial charge in [-0.05, 0) is 38.1 Å². The van der Waals surface area contributed by atoms with E-state index < -0.39 is 9.84 Å². The van der Waals surface area contributed by atoms with Gasteiger partial charge < -0.3 is 4.52 Å². The predicted octanol–water partition coefficient (Wildman–Crippen LogP) is 2.98. The Kier molecular flexibility index (Phi) is 5.42. The Hall–Kier alpha value is -0.880. The Balaban J connectivity index is 1.55. The molecule has 0 radical (unpaired) electrons. The van der Waals surface area contributed by atoms with Crippen molar-refractivity contribution in [2.24, 2.45) is 5.92 Å². The first kappa shape index (κ1) is 17.0. The van der Waals surface area contributed by atoms with E-state index in [1.54, 1.807) is 0 Å². The lowest BCUT2D eigenvalue weighted by atomic mass is 9.87. The normalized spacial score (nSPS) is 24.8. The number of hydrogen-bond donors (Lipinski definition) is 0. The molecule has 0 amide bonds. The fraction of sp³-hybridized carbons (Fsp3) is 0.824. The summed E-state index contributed by atoms with van der Waals surface area (Å²) in [6.45, 7) is 2.60. The standard InChI is InChI=1S/C17H28N2O3S/c1-23(20,21)13-14-6-5-9-19(11-14)12-16-10-17(18-22-16)15-7-3-2-4-8-15/h10,14-15H,2-9,11-13H2,1H3. The molecule has 1 unspecified atom stereocenters. The molecule has 1 aliphatic carbocycles. The SMILES string of the molecule is CS(=O)(=O)CC1CCCN(Cc2cc(C3CCCCC3)no2)C1. The molecule has 2 aliphatic rings. The van der Waals surface area contributed by atoms with E-state index in [4.69, 9.17) is 4.52 Å². The summed E-state index contributed by atoms with van der Waals surface area (Å²) >= 11 is 0. The maximum absolute atomic E-state index is 11.5. The molecule has 5 nitrogen and oxygen atoms in total. The molecule has 1 aliphatic heterocycles. The molecule has 1 atom stereocenters. The summed E-state index contributed by atoms with van der Waals surface area (Å²) in [5, 5.41) is 4.29. The second-order valence-electron chi connectivity index (χ2n) is 7.39. The monoisotopic (exact) mass is 340 g/mol. The van der Waals surface area contributed by atoms with E-state index in [1.807, 2.05) is 0 Å². The van der Waals surface area contributed by atoms with Crippen LogP contribution in [-0.4, -0.2) is 43.6 Å². The highest BCUT2D eigenvalue weighted by atomic mass is 32.2. The van der Waals surface area contributed by atoms with Crippen LogP contribution in [0.25, 0.3) is 0 Å².